The molecule has 0 atom stereocenters. The zero-order valence-corrected chi connectivity index (χ0v) is 7.66. The summed E-state index contributed by atoms with van der Waals surface area (Å²) in [6, 6.07) is 7.27. The molecule has 0 fully saturated rings. The van der Waals surface area contributed by atoms with Crippen LogP contribution in [-0.4, -0.2) is 11.7 Å². The third-order valence-corrected chi connectivity index (χ3v) is 1.76. The molecule has 0 aliphatic carbocycles. The van der Waals surface area contributed by atoms with E-state index in [0.717, 1.165) is 25.1 Å². The molecule has 2 N–H and O–H groups in total. The van der Waals surface area contributed by atoms with Gasteiger partial charge in [0.1, 0.15) is 5.75 Å². The molecule has 1 aromatic rings. The molecule has 0 unspecified atom stereocenters. The Kier molecular flexibility index (Phi) is 4.06. The van der Waals surface area contributed by atoms with Crippen LogP contribution < -0.4 is 5.32 Å². The fourth-order valence-electron chi connectivity index (χ4n) is 1.10. The van der Waals surface area contributed by atoms with Gasteiger partial charge in [0.2, 0.25) is 0 Å². The van der Waals surface area contributed by atoms with Crippen molar-refractivity contribution in [2.24, 2.45) is 0 Å². The number of benzene rings is 1. The van der Waals surface area contributed by atoms with Gasteiger partial charge in [-0.1, -0.05) is 18.2 Å². The summed E-state index contributed by atoms with van der Waals surface area (Å²) >= 11 is 0. The zero-order chi connectivity index (χ0) is 9.52. The fourth-order valence-corrected chi connectivity index (χ4v) is 1.10. The number of nitrogens with one attached hydrogen (secondary N) is 1. The lowest BCUT2D eigenvalue weighted by Crippen LogP contribution is -2.13. The highest BCUT2D eigenvalue weighted by Crippen LogP contribution is 2.10. The summed E-state index contributed by atoms with van der Waals surface area (Å²) in [6.07, 6.45) is 2.86. The Morgan fingerprint density at radius 3 is 3.00 bits per heavy atom. The molecule has 0 spiro atoms. The van der Waals surface area contributed by atoms with E-state index in [0.29, 0.717) is 5.75 Å². The summed E-state index contributed by atoms with van der Waals surface area (Å²) in [6.45, 7) is 5.36. The second-order valence-corrected chi connectivity index (χ2v) is 2.92. The van der Waals surface area contributed by atoms with Crippen LogP contribution in [0.1, 0.15) is 12.0 Å². The molecule has 0 aliphatic rings. The highest BCUT2D eigenvalue weighted by Gasteiger charge is 1.92. The van der Waals surface area contributed by atoms with Crippen LogP contribution in [0.5, 0.6) is 5.75 Å². The molecule has 1 aromatic carbocycles. The molecule has 0 aliphatic heterocycles. The number of phenolic OH excluding ortho intramolecular Hbond substituents is 1. The first kappa shape index (κ1) is 9.81. The predicted octanol–water partition coefficient (Wildman–Crippen LogP) is 2.06. The van der Waals surface area contributed by atoms with E-state index in [2.05, 4.69) is 11.9 Å². The van der Waals surface area contributed by atoms with Gasteiger partial charge in [-0.2, -0.15) is 0 Å². The molecule has 0 bridgehead atoms. The standard InChI is InChI=1S/C11H15NO/c1-2-3-7-12-9-10-5-4-6-11(13)8-10/h2,4-6,8,12-13H,1,3,7,9H2. The van der Waals surface area contributed by atoms with Gasteiger partial charge >= 0.3 is 0 Å². The van der Waals surface area contributed by atoms with E-state index in [-0.39, 0.29) is 0 Å². The molecule has 0 saturated carbocycles. The number of aromatic hydroxyl groups is 1. The Hall–Kier alpha value is -1.28. The minimum absolute atomic E-state index is 0.322. The average molecular weight is 177 g/mol. The second kappa shape index (κ2) is 5.38. The number of phenols is 1. The van der Waals surface area contributed by atoms with Crippen molar-refractivity contribution in [2.45, 2.75) is 13.0 Å². The van der Waals surface area contributed by atoms with Gasteiger partial charge in [0.05, 0.1) is 0 Å². The first-order valence-electron chi connectivity index (χ1n) is 4.42. The molecule has 0 heterocycles. The summed E-state index contributed by atoms with van der Waals surface area (Å²) in [7, 11) is 0. The third-order valence-electron chi connectivity index (χ3n) is 1.76. The Balaban J connectivity index is 2.32. The minimum atomic E-state index is 0.322. The van der Waals surface area contributed by atoms with E-state index in [9.17, 15) is 5.11 Å². The van der Waals surface area contributed by atoms with E-state index in [1.807, 2.05) is 18.2 Å². The maximum Gasteiger partial charge on any atom is 0.115 e. The summed E-state index contributed by atoms with van der Waals surface area (Å²) in [4.78, 5) is 0. The molecule has 0 saturated heterocycles. The van der Waals surface area contributed by atoms with Crippen molar-refractivity contribution < 1.29 is 5.11 Å². The first-order valence-corrected chi connectivity index (χ1v) is 4.42. The molecule has 0 radical (unpaired) electrons. The smallest absolute Gasteiger partial charge is 0.115 e. The Morgan fingerprint density at radius 2 is 2.31 bits per heavy atom. The van der Waals surface area contributed by atoms with Crippen LogP contribution in [0, 0.1) is 0 Å². The van der Waals surface area contributed by atoms with Gasteiger partial charge in [0.15, 0.2) is 0 Å². The van der Waals surface area contributed by atoms with Gasteiger partial charge < -0.3 is 10.4 Å². The lowest BCUT2D eigenvalue weighted by Gasteiger charge is -2.03. The van der Waals surface area contributed by atoms with Crippen LogP contribution in [0.3, 0.4) is 0 Å². The molecule has 0 aromatic heterocycles. The molecule has 2 heteroatoms. The van der Waals surface area contributed by atoms with Crippen LogP contribution in [0.25, 0.3) is 0 Å². The fraction of sp³-hybridized carbons (Fsp3) is 0.273. The van der Waals surface area contributed by atoms with Gasteiger partial charge in [-0.25, -0.2) is 0 Å². The normalized spacial score (nSPS) is 9.85. The highest BCUT2D eigenvalue weighted by molar-refractivity contribution is 5.26. The molecular formula is C11H15NO. The SMILES string of the molecule is C=CCCNCc1cccc(O)c1. The van der Waals surface area contributed by atoms with Gasteiger partial charge in [-0.3, -0.25) is 0 Å². The molecule has 0 amide bonds. The number of rotatable bonds is 5. The van der Waals surface area contributed by atoms with Crippen molar-refractivity contribution in [3.63, 3.8) is 0 Å². The second-order valence-electron chi connectivity index (χ2n) is 2.92. The van der Waals surface area contributed by atoms with E-state index in [4.69, 9.17) is 0 Å². The van der Waals surface area contributed by atoms with Crippen molar-refractivity contribution in [3.05, 3.63) is 42.5 Å². The van der Waals surface area contributed by atoms with E-state index in [1.165, 1.54) is 0 Å². The quantitative estimate of drug-likeness (QED) is 0.533. The van der Waals surface area contributed by atoms with Crippen molar-refractivity contribution in [3.8, 4) is 5.75 Å². The highest BCUT2D eigenvalue weighted by atomic mass is 16.3. The lowest BCUT2D eigenvalue weighted by atomic mass is 10.2. The Morgan fingerprint density at radius 1 is 1.46 bits per heavy atom. The first-order chi connectivity index (χ1) is 6.33. The maximum absolute atomic E-state index is 9.17. The van der Waals surface area contributed by atoms with Gasteiger partial charge in [0, 0.05) is 6.54 Å². The topological polar surface area (TPSA) is 32.3 Å². The Bertz CT molecular complexity index is 271. The van der Waals surface area contributed by atoms with Crippen molar-refractivity contribution in [1.82, 2.24) is 5.32 Å². The van der Waals surface area contributed by atoms with Crippen LogP contribution >= 0.6 is 0 Å². The van der Waals surface area contributed by atoms with E-state index in [1.54, 1.807) is 12.1 Å². The summed E-state index contributed by atoms with van der Waals surface area (Å²) in [5, 5.41) is 12.4. The van der Waals surface area contributed by atoms with Crippen molar-refractivity contribution >= 4 is 0 Å². The molecule has 2 nitrogen and oxygen atoms in total. The largest absolute Gasteiger partial charge is 0.508 e. The van der Waals surface area contributed by atoms with Crippen LogP contribution in [0.2, 0.25) is 0 Å². The summed E-state index contributed by atoms with van der Waals surface area (Å²) in [5.41, 5.74) is 1.10. The Labute approximate surface area is 78.9 Å². The van der Waals surface area contributed by atoms with Crippen molar-refractivity contribution in [2.75, 3.05) is 6.54 Å². The van der Waals surface area contributed by atoms with Gasteiger partial charge in [-0.05, 0) is 30.7 Å². The summed E-state index contributed by atoms with van der Waals surface area (Å²) < 4.78 is 0. The molecule has 70 valence electrons. The molecule has 1 rings (SSSR count). The number of hydrogen-bond acceptors (Lipinski definition) is 2. The maximum atomic E-state index is 9.17. The average Bonchev–Trinajstić information content (AvgIpc) is 2.13. The van der Waals surface area contributed by atoms with Crippen molar-refractivity contribution in [1.29, 1.82) is 0 Å². The van der Waals surface area contributed by atoms with Crippen LogP contribution in [0.15, 0.2) is 36.9 Å². The van der Waals surface area contributed by atoms with Crippen LogP contribution in [-0.2, 0) is 6.54 Å². The summed E-state index contributed by atoms with van der Waals surface area (Å²) in [5.74, 6) is 0.322. The molecular weight excluding hydrogens is 162 g/mol. The minimum Gasteiger partial charge on any atom is -0.508 e. The predicted molar refractivity (Wildman–Crippen MR) is 54.6 cm³/mol. The monoisotopic (exact) mass is 177 g/mol. The van der Waals surface area contributed by atoms with E-state index < -0.39 is 0 Å². The lowest BCUT2D eigenvalue weighted by molar-refractivity contribution is 0.474. The van der Waals surface area contributed by atoms with Gasteiger partial charge in [0.25, 0.3) is 0 Å². The van der Waals surface area contributed by atoms with Crippen LogP contribution in [0.4, 0.5) is 0 Å². The molecule has 13 heavy (non-hydrogen) atoms. The zero-order valence-electron chi connectivity index (χ0n) is 7.66. The number of hydrogen-bond donors (Lipinski definition) is 2. The third kappa shape index (κ3) is 3.76. The van der Waals surface area contributed by atoms with E-state index >= 15 is 0 Å². The van der Waals surface area contributed by atoms with Gasteiger partial charge in [-0.15, -0.1) is 6.58 Å².